The average molecular weight is 391 g/mol. The van der Waals surface area contributed by atoms with Crippen molar-refractivity contribution >= 4 is 10.0 Å². The van der Waals surface area contributed by atoms with E-state index >= 15 is 0 Å². The molecule has 0 spiro atoms. The Morgan fingerprint density at radius 3 is 2.52 bits per heavy atom. The quantitative estimate of drug-likeness (QED) is 0.799. The third-order valence-corrected chi connectivity index (χ3v) is 6.97. The van der Waals surface area contributed by atoms with Gasteiger partial charge in [-0.05, 0) is 43.5 Å². The van der Waals surface area contributed by atoms with Gasteiger partial charge >= 0.3 is 0 Å². The number of hydrogen-bond donors (Lipinski definition) is 1. The summed E-state index contributed by atoms with van der Waals surface area (Å²) in [6.07, 6.45) is 5.07. The highest BCUT2D eigenvalue weighted by molar-refractivity contribution is 7.88. The number of benzene rings is 1. The standard InChI is InChI=1S/C21H30N2O3S/c1-3-4-5-8-17-9-11-18(12-10-17)21-19-15-22(27(2,25)26)13-6-7-14-23(19)20(21)16-24/h9-12,19-21,24H,3-4,6-7,13-16H2,1-2H3/t19-,20+,21-/m1/s1. The molecule has 0 saturated carbocycles. The van der Waals surface area contributed by atoms with Gasteiger partial charge in [0.25, 0.3) is 0 Å². The molecule has 0 aromatic heterocycles. The van der Waals surface area contributed by atoms with Gasteiger partial charge in [0, 0.05) is 43.1 Å². The maximum absolute atomic E-state index is 12.1. The minimum absolute atomic E-state index is 0.0616. The van der Waals surface area contributed by atoms with Crippen LogP contribution in [0.1, 0.15) is 49.7 Å². The molecule has 0 amide bonds. The lowest BCUT2D eigenvalue weighted by molar-refractivity contribution is -0.0553. The maximum Gasteiger partial charge on any atom is 0.211 e. The Balaban J connectivity index is 1.82. The Labute approximate surface area is 163 Å². The van der Waals surface area contributed by atoms with Crippen molar-refractivity contribution in [3.63, 3.8) is 0 Å². The van der Waals surface area contributed by atoms with Gasteiger partial charge in [-0.1, -0.05) is 30.9 Å². The van der Waals surface area contributed by atoms with E-state index in [1.54, 1.807) is 4.31 Å². The molecule has 6 heteroatoms. The molecule has 1 N–H and O–H groups in total. The summed E-state index contributed by atoms with van der Waals surface area (Å²) in [6.45, 7) is 4.22. The van der Waals surface area contributed by atoms with E-state index in [-0.39, 0.29) is 24.6 Å². The molecule has 1 aromatic carbocycles. The van der Waals surface area contributed by atoms with Gasteiger partial charge in [0.15, 0.2) is 0 Å². The summed E-state index contributed by atoms with van der Waals surface area (Å²) in [4.78, 5) is 2.29. The van der Waals surface area contributed by atoms with Crippen molar-refractivity contribution in [3.05, 3.63) is 35.4 Å². The highest BCUT2D eigenvalue weighted by Crippen LogP contribution is 2.42. The smallest absolute Gasteiger partial charge is 0.211 e. The van der Waals surface area contributed by atoms with Crippen molar-refractivity contribution in [2.24, 2.45) is 0 Å². The molecule has 2 aliphatic rings. The molecule has 2 aliphatic heterocycles. The fourth-order valence-corrected chi connectivity index (χ4v) is 5.17. The van der Waals surface area contributed by atoms with E-state index in [0.29, 0.717) is 13.1 Å². The van der Waals surface area contributed by atoms with E-state index in [9.17, 15) is 13.5 Å². The Morgan fingerprint density at radius 2 is 1.89 bits per heavy atom. The van der Waals surface area contributed by atoms with Crippen LogP contribution in [-0.4, -0.2) is 67.3 Å². The van der Waals surface area contributed by atoms with Gasteiger partial charge in [0.1, 0.15) is 0 Å². The van der Waals surface area contributed by atoms with Crippen LogP contribution in [-0.2, 0) is 10.0 Å². The largest absolute Gasteiger partial charge is 0.395 e. The number of rotatable bonds is 4. The van der Waals surface area contributed by atoms with E-state index in [1.165, 1.54) is 6.26 Å². The third-order valence-electron chi connectivity index (χ3n) is 5.70. The monoisotopic (exact) mass is 390 g/mol. The summed E-state index contributed by atoms with van der Waals surface area (Å²) >= 11 is 0. The highest BCUT2D eigenvalue weighted by atomic mass is 32.2. The van der Waals surface area contributed by atoms with Crippen molar-refractivity contribution in [1.29, 1.82) is 0 Å². The fraction of sp³-hybridized carbons (Fsp3) is 0.619. The zero-order valence-corrected chi connectivity index (χ0v) is 17.1. The third kappa shape index (κ3) is 4.55. The van der Waals surface area contributed by atoms with Crippen LogP contribution in [0.4, 0.5) is 0 Å². The first-order valence-corrected chi connectivity index (χ1v) is 11.7. The van der Waals surface area contributed by atoms with Gasteiger partial charge < -0.3 is 5.11 Å². The van der Waals surface area contributed by atoms with Crippen LogP contribution in [0.25, 0.3) is 0 Å². The summed E-state index contributed by atoms with van der Waals surface area (Å²) in [5.74, 6) is 6.48. The molecule has 3 atom stereocenters. The number of sulfonamides is 1. The van der Waals surface area contributed by atoms with Crippen LogP contribution in [0, 0.1) is 11.8 Å². The Kier molecular flexibility index (Phi) is 6.59. The number of aliphatic hydroxyl groups excluding tert-OH is 1. The summed E-state index contributed by atoms with van der Waals surface area (Å²) in [5.41, 5.74) is 2.16. The fourth-order valence-electron chi connectivity index (χ4n) is 4.29. The number of fused-ring (bicyclic) bond motifs is 1. The van der Waals surface area contributed by atoms with Gasteiger partial charge in [-0.2, -0.15) is 0 Å². The molecule has 2 heterocycles. The lowest BCUT2D eigenvalue weighted by atomic mass is 9.74. The minimum atomic E-state index is -3.21. The van der Waals surface area contributed by atoms with Crippen LogP contribution in [0.5, 0.6) is 0 Å². The molecule has 0 radical (unpaired) electrons. The van der Waals surface area contributed by atoms with Gasteiger partial charge in [-0.3, -0.25) is 4.90 Å². The number of unbranched alkanes of at least 4 members (excludes halogenated alkanes) is 1. The van der Waals surface area contributed by atoms with Crippen molar-refractivity contribution in [1.82, 2.24) is 9.21 Å². The molecule has 27 heavy (non-hydrogen) atoms. The summed E-state index contributed by atoms with van der Waals surface area (Å²) < 4.78 is 25.9. The Bertz CT molecular complexity index is 795. The molecular formula is C21H30N2O3S. The lowest BCUT2D eigenvalue weighted by Gasteiger charge is -2.57. The first kappa shape index (κ1) is 20.3. The number of aliphatic hydroxyl groups is 1. The van der Waals surface area contributed by atoms with Crippen LogP contribution in [0.2, 0.25) is 0 Å². The molecule has 0 unspecified atom stereocenters. The van der Waals surface area contributed by atoms with Crippen LogP contribution >= 0.6 is 0 Å². The second kappa shape index (κ2) is 8.74. The van der Waals surface area contributed by atoms with Crippen molar-refractivity contribution in [2.45, 2.75) is 50.6 Å². The lowest BCUT2D eigenvalue weighted by Crippen LogP contribution is -2.67. The SMILES string of the molecule is CCCC#Cc1ccc([C@@H]2[C@H]3CN(S(C)(=O)=O)CCCCN3[C@H]2CO)cc1. The number of nitrogens with zero attached hydrogens (tertiary/aromatic N) is 2. The van der Waals surface area contributed by atoms with Crippen molar-refractivity contribution < 1.29 is 13.5 Å². The maximum atomic E-state index is 12.1. The molecule has 2 fully saturated rings. The van der Waals surface area contributed by atoms with Gasteiger partial charge in [-0.15, -0.1) is 0 Å². The average Bonchev–Trinajstić information content (AvgIpc) is 2.61. The summed E-state index contributed by atoms with van der Waals surface area (Å²) in [5, 5.41) is 9.95. The normalized spacial score (nSPS) is 26.9. The van der Waals surface area contributed by atoms with Gasteiger partial charge in [-0.25, -0.2) is 12.7 Å². The van der Waals surface area contributed by atoms with Gasteiger partial charge in [0.2, 0.25) is 10.0 Å². The zero-order chi connectivity index (χ0) is 19.4. The second-order valence-electron chi connectivity index (χ2n) is 7.58. The molecular weight excluding hydrogens is 360 g/mol. The van der Waals surface area contributed by atoms with E-state index in [2.05, 4.69) is 35.8 Å². The highest BCUT2D eigenvalue weighted by Gasteiger charge is 2.49. The first-order valence-electron chi connectivity index (χ1n) is 9.86. The summed E-state index contributed by atoms with van der Waals surface area (Å²) in [7, 11) is -3.21. The second-order valence-corrected chi connectivity index (χ2v) is 9.57. The van der Waals surface area contributed by atoms with Crippen molar-refractivity contribution in [3.8, 4) is 11.8 Å². The van der Waals surface area contributed by atoms with E-state index in [0.717, 1.165) is 43.4 Å². The van der Waals surface area contributed by atoms with E-state index in [4.69, 9.17) is 0 Å². The zero-order valence-electron chi connectivity index (χ0n) is 16.3. The molecule has 2 saturated heterocycles. The molecule has 148 valence electrons. The van der Waals surface area contributed by atoms with Crippen LogP contribution in [0.15, 0.2) is 24.3 Å². The predicted octanol–water partition coefficient (Wildman–Crippen LogP) is 2.02. The van der Waals surface area contributed by atoms with Crippen molar-refractivity contribution in [2.75, 3.05) is 32.5 Å². The molecule has 0 bridgehead atoms. The molecule has 0 aliphatic carbocycles. The van der Waals surface area contributed by atoms with Crippen LogP contribution < -0.4 is 0 Å². The topological polar surface area (TPSA) is 60.9 Å². The molecule has 5 nitrogen and oxygen atoms in total. The predicted molar refractivity (Wildman–Crippen MR) is 108 cm³/mol. The summed E-state index contributed by atoms with van der Waals surface area (Å²) in [6, 6.07) is 8.42. The Morgan fingerprint density at radius 1 is 1.19 bits per heavy atom. The van der Waals surface area contributed by atoms with Gasteiger partial charge in [0.05, 0.1) is 12.9 Å². The minimum Gasteiger partial charge on any atom is -0.395 e. The first-order chi connectivity index (χ1) is 13.0. The molecule has 3 rings (SSSR count). The molecule has 1 aromatic rings. The van der Waals surface area contributed by atoms with Crippen LogP contribution in [0.3, 0.4) is 0 Å². The van der Waals surface area contributed by atoms with E-state index in [1.807, 2.05) is 12.1 Å². The van der Waals surface area contributed by atoms with E-state index < -0.39 is 10.0 Å². The number of hydrogen-bond acceptors (Lipinski definition) is 4. The Hall–Kier alpha value is -1.39.